The van der Waals surface area contributed by atoms with Crippen LogP contribution in [0.15, 0.2) is 11.6 Å². The van der Waals surface area contributed by atoms with Crippen molar-refractivity contribution in [2.75, 3.05) is 0 Å². The molecule has 1 aliphatic rings. The van der Waals surface area contributed by atoms with Crippen LogP contribution in [0.1, 0.15) is 25.7 Å². The lowest BCUT2D eigenvalue weighted by Gasteiger charge is -2.14. The van der Waals surface area contributed by atoms with Gasteiger partial charge in [-0.2, -0.15) is 0 Å². The lowest BCUT2D eigenvalue weighted by molar-refractivity contribution is -0.107. The second kappa shape index (κ2) is 2.65. The lowest BCUT2D eigenvalue weighted by Crippen LogP contribution is -1.95. The van der Waals surface area contributed by atoms with E-state index in [-0.39, 0.29) is 0 Å². The van der Waals surface area contributed by atoms with Crippen LogP contribution in [0.2, 0.25) is 0 Å². The van der Waals surface area contributed by atoms with Crippen molar-refractivity contribution in [3.05, 3.63) is 11.6 Å². The summed E-state index contributed by atoms with van der Waals surface area (Å²) in [7, 11) is 0. The standard InChI is InChI=1S/C7H10O/c8-6-2-5-7-3-1-4-7/h5-6H,1-4H2. The molecule has 0 aromatic carbocycles. The van der Waals surface area contributed by atoms with E-state index in [9.17, 15) is 4.79 Å². The third kappa shape index (κ3) is 1.19. The van der Waals surface area contributed by atoms with Crippen molar-refractivity contribution < 1.29 is 4.79 Å². The first-order chi connectivity index (χ1) is 3.93. The van der Waals surface area contributed by atoms with Gasteiger partial charge in [0.25, 0.3) is 0 Å². The molecule has 1 saturated carbocycles. The maximum absolute atomic E-state index is 9.80. The largest absolute Gasteiger partial charge is 0.303 e. The van der Waals surface area contributed by atoms with Crippen molar-refractivity contribution in [1.29, 1.82) is 0 Å². The van der Waals surface area contributed by atoms with Crippen LogP contribution in [0.3, 0.4) is 0 Å². The third-order valence-electron chi connectivity index (χ3n) is 1.50. The van der Waals surface area contributed by atoms with Gasteiger partial charge in [-0.1, -0.05) is 11.6 Å². The maximum Gasteiger partial charge on any atom is 0.123 e. The molecule has 1 aliphatic carbocycles. The molecule has 44 valence electrons. The topological polar surface area (TPSA) is 17.1 Å². The molecule has 0 aromatic rings. The minimum Gasteiger partial charge on any atom is -0.303 e. The van der Waals surface area contributed by atoms with E-state index in [4.69, 9.17) is 0 Å². The van der Waals surface area contributed by atoms with Gasteiger partial charge in [0.2, 0.25) is 0 Å². The molecule has 1 rings (SSSR count). The van der Waals surface area contributed by atoms with Crippen molar-refractivity contribution >= 4 is 6.29 Å². The normalized spacial score (nSPS) is 17.2. The summed E-state index contributed by atoms with van der Waals surface area (Å²) in [5.41, 5.74) is 1.47. The van der Waals surface area contributed by atoms with Gasteiger partial charge in [-0.3, -0.25) is 0 Å². The highest BCUT2D eigenvalue weighted by molar-refractivity contribution is 5.52. The Hall–Kier alpha value is -0.590. The van der Waals surface area contributed by atoms with Gasteiger partial charge >= 0.3 is 0 Å². The maximum atomic E-state index is 9.80. The fraction of sp³-hybridized carbons (Fsp3) is 0.571. The van der Waals surface area contributed by atoms with Crippen LogP contribution in [0.5, 0.6) is 0 Å². The summed E-state index contributed by atoms with van der Waals surface area (Å²) in [5.74, 6) is 0. The van der Waals surface area contributed by atoms with E-state index >= 15 is 0 Å². The Labute approximate surface area is 49.4 Å². The van der Waals surface area contributed by atoms with Crippen LogP contribution in [0, 0.1) is 0 Å². The Bertz CT molecular complexity index is 108. The predicted octanol–water partition coefficient (Wildman–Crippen LogP) is 1.69. The Morgan fingerprint density at radius 2 is 2.25 bits per heavy atom. The van der Waals surface area contributed by atoms with Crippen LogP contribution in [0.4, 0.5) is 0 Å². The van der Waals surface area contributed by atoms with Crippen molar-refractivity contribution in [2.24, 2.45) is 0 Å². The summed E-state index contributed by atoms with van der Waals surface area (Å²) in [4.78, 5) is 9.80. The average Bonchev–Trinajstić information content (AvgIpc) is 1.63. The van der Waals surface area contributed by atoms with Crippen molar-refractivity contribution in [1.82, 2.24) is 0 Å². The van der Waals surface area contributed by atoms with E-state index in [1.165, 1.54) is 24.8 Å². The van der Waals surface area contributed by atoms with Crippen LogP contribution in [-0.2, 0) is 4.79 Å². The van der Waals surface area contributed by atoms with E-state index in [1.54, 1.807) is 0 Å². The van der Waals surface area contributed by atoms with E-state index in [1.807, 2.05) is 6.08 Å². The molecule has 0 saturated heterocycles. The summed E-state index contributed by atoms with van der Waals surface area (Å²) < 4.78 is 0. The molecule has 0 aromatic heterocycles. The zero-order chi connectivity index (χ0) is 5.82. The van der Waals surface area contributed by atoms with E-state index < -0.39 is 0 Å². The van der Waals surface area contributed by atoms with Crippen LogP contribution in [-0.4, -0.2) is 6.29 Å². The van der Waals surface area contributed by atoms with Crippen LogP contribution in [0.25, 0.3) is 0 Å². The van der Waals surface area contributed by atoms with Crippen LogP contribution >= 0.6 is 0 Å². The first-order valence-electron chi connectivity index (χ1n) is 3.05. The van der Waals surface area contributed by atoms with Gasteiger partial charge in [-0.15, -0.1) is 0 Å². The molecule has 0 amide bonds. The molecular weight excluding hydrogens is 100 g/mol. The SMILES string of the molecule is O=CCC=C1CCC1. The highest BCUT2D eigenvalue weighted by Crippen LogP contribution is 2.24. The van der Waals surface area contributed by atoms with Gasteiger partial charge < -0.3 is 4.79 Å². The molecule has 0 heterocycles. The summed E-state index contributed by atoms with van der Waals surface area (Å²) in [5, 5.41) is 0. The number of carbonyl (C=O) groups excluding carboxylic acids is 1. The number of hydrogen-bond donors (Lipinski definition) is 0. The van der Waals surface area contributed by atoms with E-state index in [0.29, 0.717) is 6.42 Å². The number of rotatable bonds is 2. The highest BCUT2D eigenvalue weighted by Gasteiger charge is 2.05. The van der Waals surface area contributed by atoms with Crippen molar-refractivity contribution in [3.63, 3.8) is 0 Å². The van der Waals surface area contributed by atoms with Gasteiger partial charge in [0.15, 0.2) is 0 Å². The second-order valence-electron chi connectivity index (χ2n) is 2.12. The highest BCUT2D eigenvalue weighted by atomic mass is 16.1. The van der Waals surface area contributed by atoms with Crippen molar-refractivity contribution in [2.45, 2.75) is 25.7 Å². The van der Waals surface area contributed by atoms with Crippen LogP contribution < -0.4 is 0 Å². The Morgan fingerprint density at radius 3 is 2.62 bits per heavy atom. The zero-order valence-electron chi connectivity index (χ0n) is 4.89. The predicted molar refractivity (Wildman–Crippen MR) is 32.6 cm³/mol. The summed E-state index contributed by atoms with van der Waals surface area (Å²) in [6.45, 7) is 0. The number of allylic oxidation sites excluding steroid dienone is 2. The zero-order valence-corrected chi connectivity index (χ0v) is 4.89. The molecule has 0 radical (unpaired) electrons. The van der Waals surface area contributed by atoms with Gasteiger partial charge in [-0.05, 0) is 19.3 Å². The van der Waals surface area contributed by atoms with Gasteiger partial charge in [0.1, 0.15) is 6.29 Å². The molecule has 1 heteroatoms. The summed E-state index contributed by atoms with van der Waals surface area (Å²) in [6.07, 6.45) is 7.39. The Kier molecular flexibility index (Phi) is 1.84. The monoisotopic (exact) mass is 110 g/mol. The molecule has 8 heavy (non-hydrogen) atoms. The molecule has 1 nitrogen and oxygen atoms in total. The number of aldehydes is 1. The average molecular weight is 110 g/mol. The Morgan fingerprint density at radius 1 is 1.50 bits per heavy atom. The fourth-order valence-corrected chi connectivity index (χ4v) is 0.800. The van der Waals surface area contributed by atoms with Gasteiger partial charge in [-0.25, -0.2) is 0 Å². The molecule has 0 spiro atoms. The summed E-state index contributed by atoms with van der Waals surface area (Å²) >= 11 is 0. The molecule has 0 N–H and O–H groups in total. The minimum absolute atomic E-state index is 0.620. The first-order valence-corrected chi connectivity index (χ1v) is 3.05. The van der Waals surface area contributed by atoms with Gasteiger partial charge in [0, 0.05) is 6.42 Å². The second-order valence-corrected chi connectivity index (χ2v) is 2.12. The molecule has 0 bridgehead atoms. The first kappa shape index (κ1) is 5.54. The summed E-state index contributed by atoms with van der Waals surface area (Å²) in [6, 6.07) is 0. The smallest absolute Gasteiger partial charge is 0.123 e. The third-order valence-corrected chi connectivity index (χ3v) is 1.50. The van der Waals surface area contributed by atoms with Crippen molar-refractivity contribution in [3.8, 4) is 0 Å². The minimum atomic E-state index is 0.620. The molecule has 0 atom stereocenters. The Balaban J connectivity index is 2.20. The number of carbonyl (C=O) groups is 1. The molecule has 0 unspecified atom stereocenters. The molecular formula is C7H10O. The molecule has 0 aliphatic heterocycles. The lowest BCUT2D eigenvalue weighted by atomic mass is 9.92. The van der Waals surface area contributed by atoms with E-state index in [2.05, 4.69) is 0 Å². The fourth-order valence-electron chi connectivity index (χ4n) is 0.800. The van der Waals surface area contributed by atoms with Gasteiger partial charge in [0.05, 0.1) is 0 Å². The molecule has 1 fully saturated rings. The number of hydrogen-bond acceptors (Lipinski definition) is 1. The quantitative estimate of drug-likeness (QED) is 0.390. The van der Waals surface area contributed by atoms with E-state index in [0.717, 1.165) is 6.29 Å².